The van der Waals surface area contributed by atoms with Crippen LogP contribution in [0.5, 0.6) is 11.5 Å². The van der Waals surface area contributed by atoms with E-state index in [9.17, 15) is 9.59 Å². The summed E-state index contributed by atoms with van der Waals surface area (Å²) in [6, 6.07) is 15.1. The van der Waals surface area contributed by atoms with E-state index in [1.54, 1.807) is 4.90 Å². The fourth-order valence-corrected chi connectivity index (χ4v) is 4.84. The topological polar surface area (TPSA) is 94.1 Å². The van der Waals surface area contributed by atoms with Crippen LogP contribution in [0.25, 0.3) is 0 Å². The molecule has 37 heavy (non-hydrogen) atoms. The Morgan fingerprint density at radius 2 is 1.73 bits per heavy atom. The third-order valence-corrected chi connectivity index (χ3v) is 6.69. The van der Waals surface area contributed by atoms with Gasteiger partial charge in [0, 0.05) is 44.9 Å². The molecule has 1 aliphatic heterocycles. The van der Waals surface area contributed by atoms with Crippen LogP contribution in [0.1, 0.15) is 57.7 Å². The number of carbonyl (C=O) groups is 2. The zero-order valence-corrected chi connectivity index (χ0v) is 22.6. The van der Waals surface area contributed by atoms with Gasteiger partial charge in [0.25, 0.3) is 0 Å². The summed E-state index contributed by atoms with van der Waals surface area (Å²) in [6.07, 6.45) is 1.94. The number of unbranched alkanes of at least 4 members (excludes halogenated alkanes) is 1. The van der Waals surface area contributed by atoms with Crippen LogP contribution in [0.4, 0.5) is 4.79 Å². The molecule has 2 aromatic rings. The summed E-state index contributed by atoms with van der Waals surface area (Å²) in [5, 5.41) is 15.0. The van der Waals surface area contributed by atoms with Crippen LogP contribution in [0.2, 0.25) is 0 Å². The van der Waals surface area contributed by atoms with Gasteiger partial charge in [-0.3, -0.25) is 9.69 Å². The number of aliphatic hydroxyl groups is 1. The maximum atomic E-state index is 13.5. The highest BCUT2D eigenvalue weighted by Gasteiger charge is 2.36. The van der Waals surface area contributed by atoms with Crippen molar-refractivity contribution in [2.75, 3.05) is 32.8 Å². The Bertz CT molecular complexity index is 1000. The van der Waals surface area contributed by atoms with E-state index >= 15 is 0 Å². The summed E-state index contributed by atoms with van der Waals surface area (Å²) in [4.78, 5) is 30.6. The number of hydrogen-bond donors (Lipinski definition) is 3. The Balaban J connectivity index is 1.78. The second-order valence-electron chi connectivity index (χ2n) is 10.0. The zero-order chi connectivity index (χ0) is 26.8. The summed E-state index contributed by atoms with van der Waals surface area (Å²) in [5.74, 6) is 1.27. The quantitative estimate of drug-likeness (QED) is 0.374. The highest BCUT2D eigenvalue weighted by molar-refractivity contribution is 5.89. The van der Waals surface area contributed by atoms with Crippen LogP contribution >= 0.6 is 0 Å². The smallest absolute Gasteiger partial charge is 0.318 e. The van der Waals surface area contributed by atoms with Gasteiger partial charge in [0.05, 0.1) is 0 Å². The standard InChI is InChI=1S/C29H42N4O4/c1-21(2)32(22(3)4)18-16-30-28(35)27-26-13-12-25(37-24-10-6-5-7-11-24)20-23(26)14-17-33(27)29(36)31-15-8-9-19-34/h5-7,10-13,20-22,27,34H,8-9,14-19H2,1-4H3,(H,30,35)(H,31,36). The molecule has 0 spiro atoms. The van der Waals surface area contributed by atoms with Crippen molar-refractivity contribution >= 4 is 11.9 Å². The van der Waals surface area contributed by atoms with Crippen molar-refractivity contribution in [1.29, 1.82) is 0 Å². The maximum absolute atomic E-state index is 13.5. The molecule has 3 rings (SSSR count). The van der Waals surface area contributed by atoms with Crippen molar-refractivity contribution in [3.63, 3.8) is 0 Å². The average molecular weight is 511 g/mol. The van der Waals surface area contributed by atoms with Gasteiger partial charge in [0.2, 0.25) is 5.91 Å². The number of aliphatic hydroxyl groups excluding tert-OH is 1. The van der Waals surface area contributed by atoms with Crippen LogP contribution in [-0.4, -0.2) is 71.7 Å². The second kappa shape index (κ2) is 14.0. The molecule has 8 heteroatoms. The molecule has 202 valence electrons. The van der Waals surface area contributed by atoms with Crippen LogP contribution in [0.15, 0.2) is 48.5 Å². The maximum Gasteiger partial charge on any atom is 0.318 e. The first kappa shape index (κ1) is 28.5. The molecule has 0 radical (unpaired) electrons. The molecule has 1 aliphatic rings. The highest BCUT2D eigenvalue weighted by Crippen LogP contribution is 2.34. The van der Waals surface area contributed by atoms with Gasteiger partial charge in [-0.05, 0) is 82.3 Å². The van der Waals surface area contributed by atoms with E-state index in [1.807, 2.05) is 48.5 Å². The Kier molecular flexibility index (Phi) is 10.8. The summed E-state index contributed by atoms with van der Waals surface area (Å²) in [7, 11) is 0. The number of nitrogens with zero attached hydrogens (tertiary/aromatic N) is 2. The van der Waals surface area contributed by atoms with E-state index in [-0.39, 0.29) is 18.5 Å². The number of carbonyl (C=O) groups excluding carboxylic acids is 2. The number of fused-ring (bicyclic) bond motifs is 1. The summed E-state index contributed by atoms with van der Waals surface area (Å²) in [6.45, 7) is 10.8. The average Bonchev–Trinajstić information content (AvgIpc) is 2.88. The Labute approximate surface area is 221 Å². The second-order valence-corrected chi connectivity index (χ2v) is 10.0. The predicted octanol–water partition coefficient (Wildman–Crippen LogP) is 4.10. The van der Waals surface area contributed by atoms with Crippen molar-refractivity contribution in [3.05, 3.63) is 59.7 Å². The lowest BCUT2D eigenvalue weighted by Crippen LogP contribution is -2.51. The molecule has 0 saturated heterocycles. The summed E-state index contributed by atoms with van der Waals surface area (Å²) in [5.41, 5.74) is 1.82. The Hall–Kier alpha value is -3.10. The lowest BCUT2D eigenvalue weighted by molar-refractivity contribution is -0.126. The van der Waals surface area contributed by atoms with Crippen molar-refractivity contribution in [3.8, 4) is 11.5 Å². The first-order valence-electron chi connectivity index (χ1n) is 13.4. The number of ether oxygens (including phenoxy) is 1. The van der Waals surface area contributed by atoms with Crippen LogP contribution in [0, 0.1) is 0 Å². The van der Waals surface area contributed by atoms with Crippen molar-refractivity contribution in [2.45, 2.75) is 65.1 Å². The summed E-state index contributed by atoms with van der Waals surface area (Å²) >= 11 is 0. The molecule has 0 fully saturated rings. The van der Waals surface area contributed by atoms with Crippen molar-refractivity contribution in [2.24, 2.45) is 0 Å². The molecule has 0 bridgehead atoms. The van der Waals surface area contributed by atoms with E-state index in [0.29, 0.717) is 56.7 Å². The van der Waals surface area contributed by atoms with Crippen LogP contribution in [-0.2, 0) is 11.2 Å². The van der Waals surface area contributed by atoms with Gasteiger partial charge in [0.1, 0.15) is 17.5 Å². The third kappa shape index (κ3) is 7.94. The fourth-order valence-electron chi connectivity index (χ4n) is 4.84. The monoisotopic (exact) mass is 510 g/mol. The molecule has 8 nitrogen and oxygen atoms in total. The van der Waals surface area contributed by atoms with Crippen molar-refractivity contribution in [1.82, 2.24) is 20.4 Å². The number of para-hydroxylation sites is 1. The number of nitrogens with one attached hydrogen (secondary N) is 2. The number of amides is 3. The minimum absolute atomic E-state index is 0.0924. The molecule has 3 N–H and O–H groups in total. The molecule has 1 heterocycles. The molecule has 0 aromatic heterocycles. The van der Waals surface area contributed by atoms with E-state index in [0.717, 1.165) is 23.4 Å². The van der Waals surface area contributed by atoms with Gasteiger partial charge in [0.15, 0.2) is 0 Å². The first-order valence-corrected chi connectivity index (χ1v) is 13.4. The normalized spacial score (nSPS) is 15.1. The van der Waals surface area contributed by atoms with E-state index in [2.05, 4.69) is 43.2 Å². The third-order valence-electron chi connectivity index (χ3n) is 6.69. The Morgan fingerprint density at radius 1 is 1.00 bits per heavy atom. The number of urea groups is 1. The van der Waals surface area contributed by atoms with E-state index < -0.39 is 6.04 Å². The van der Waals surface area contributed by atoms with Gasteiger partial charge >= 0.3 is 6.03 Å². The molecule has 2 aromatic carbocycles. The fraction of sp³-hybridized carbons (Fsp3) is 0.517. The summed E-state index contributed by atoms with van der Waals surface area (Å²) < 4.78 is 6.01. The zero-order valence-electron chi connectivity index (χ0n) is 22.6. The highest BCUT2D eigenvalue weighted by atomic mass is 16.5. The van der Waals surface area contributed by atoms with Crippen LogP contribution < -0.4 is 15.4 Å². The van der Waals surface area contributed by atoms with Gasteiger partial charge in [-0.1, -0.05) is 24.3 Å². The van der Waals surface area contributed by atoms with E-state index in [1.165, 1.54) is 0 Å². The van der Waals surface area contributed by atoms with E-state index in [4.69, 9.17) is 9.84 Å². The molecule has 3 amide bonds. The molecule has 0 aliphatic carbocycles. The molecule has 0 saturated carbocycles. The molecular formula is C29H42N4O4. The minimum Gasteiger partial charge on any atom is -0.457 e. The van der Waals surface area contributed by atoms with Crippen molar-refractivity contribution < 1.29 is 19.4 Å². The van der Waals surface area contributed by atoms with Gasteiger partial charge in [-0.15, -0.1) is 0 Å². The largest absolute Gasteiger partial charge is 0.457 e. The first-order chi connectivity index (χ1) is 17.8. The Morgan fingerprint density at radius 3 is 2.41 bits per heavy atom. The lowest BCUT2D eigenvalue weighted by Gasteiger charge is -2.37. The number of benzene rings is 2. The number of hydrogen-bond acceptors (Lipinski definition) is 5. The van der Waals surface area contributed by atoms with Crippen LogP contribution in [0.3, 0.4) is 0 Å². The van der Waals surface area contributed by atoms with Gasteiger partial charge in [-0.25, -0.2) is 4.79 Å². The molecule has 1 unspecified atom stereocenters. The van der Waals surface area contributed by atoms with Gasteiger partial charge in [-0.2, -0.15) is 0 Å². The van der Waals surface area contributed by atoms with Gasteiger partial charge < -0.3 is 25.4 Å². The molecule has 1 atom stereocenters. The predicted molar refractivity (Wildman–Crippen MR) is 146 cm³/mol. The number of rotatable bonds is 12. The lowest BCUT2D eigenvalue weighted by atomic mass is 9.92. The SMILES string of the molecule is CC(C)N(CCNC(=O)C1c2ccc(Oc3ccccc3)cc2CCN1C(=O)NCCCCO)C(C)C. The molecular weight excluding hydrogens is 468 g/mol. The minimum atomic E-state index is -0.723.